The molecule has 6 nitrogen and oxygen atoms in total. The molecule has 3 aromatic rings. The van der Waals surface area contributed by atoms with Crippen LogP contribution in [0.25, 0.3) is 10.2 Å². The van der Waals surface area contributed by atoms with Crippen LogP contribution < -0.4 is 4.90 Å². The molecule has 0 fully saturated rings. The van der Waals surface area contributed by atoms with Crippen molar-refractivity contribution in [3.05, 3.63) is 53.1 Å². The van der Waals surface area contributed by atoms with Gasteiger partial charge in [0, 0.05) is 29.9 Å². The number of carbonyl (C=O) groups is 1. The third-order valence-electron chi connectivity index (χ3n) is 4.88. The van der Waals surface area contributed by atoms with Crippen LogP contribution in [-0.2, 0) is 9.84 Å². The number of fused-ring (bicyclic) bond motifs is 1. The summed E-state index contributed by atoms with van der Waals surface area (Å²) in [6, 6.07) is 11.6. The second-order valence-electron chi connectivity index (χ2n) is 6.89. The van der Waals surface area contributed by atoms with Crippen molar-refractivity contribution < 1.29 is 13.2 Å². The van der Waals surface area contributed by atoms with E-state index in [9.17, 15) is 13.2 Å². The third kappa shape index (κ3) is 6.17. The molecule has 0 saturated heterocycles. The van der Waals surface area contributed by atoms with E-state index in [0.717, 1.165) is 17.8 Å². The third-order valence-corrected chi connectivity index (χ3v) is 7.28. The average molecular weight is 502 g/mol. The predicted octanol–water partition coefficient (Wildman–Crippen LogP) is 4.76. The van der Waals surface area contributed by atoms with Crippen LogP contribution >= 0.6 is 35.3 Å². The number of likely N-dealkylation sites (N-methyl/N-ethyl adjacent to an activating group) is 1. The minimum Gasteiger partial charge on any atom is -0.302 e. The molecule has 1 heterocycles. The minimum absolute atomic E-state index is 0. The summed E-state index contributed by atoms with van der Waals surface area (Å²) in [6.07, 6.45) is 1.18. The molecule has 3 rings (SSSR count). The van der Waals surface area contributed by atoms with Gasteiger partial charge in [-0.2, -0.15) is 0 Å². The van der Waals surface area contributed by atoms with Crippen molar-refractivity contribution in [3.63, 3.8) is 0 Å². The number of nitrogens with zero attached hydrogens (tertiary/aromatic N) is 3. The van der Waals surface area contributed by atoms with Gasteiger partial charge >= 0.3 is 0 Å². The Balaban J connectivity index is 0.00000341. The fourth-order valence-electron chi connectivity index (χ4n) is 3.05. The molecule has 0 aliphatic rings. The number of anilines is 1. The van der Waals surface area contributed by atoms with Crippen LogP contribution in [0.2, 0.25) is 5.02 Å². The second kappa shape index (κ2) is 10.7. The lowest BCUT2D eigenvalue weighted by Crippen LogP contribution is -2.38. The van der Waals surface area contributed by atoms with Crippen molar-refractivity contribution in [1.29, 1.82) is 0 Å². The summed E-state index contributed by atoms with van der Waals surface area (Å²) < 4.78 is 24.5. The van der Waals surface area contributed by atoms with Gasteiger partial charge in [0.2, 0.25) is 0 Å². The molecule has 0 spiro atoms. The molecule has 10 heteroatoms. The van der Waals surface area contributed by atoms with Crippen molar-refractivity contribution in [2.75, 3.05) is 37.3 Å². The highest BCUT2D eigenvalue weighted by molar-refractivity contribution is 7.90. The zero-order chi connectivity index (χ0) is 21.9. The van der Waals surface area contributed by atoms with Gasteiger partial charge in [-0.1, -0.05) is 36.8 Å². The van der Waals surface area contributed by atoms with Gasteiger partial charge in [-0.3, -0.25) is 9.69 Å². The van der Waals surface area contributed by atoms with Gasteiger partial charge in [0.05, 0.1) is 15.1 Å². The minimum atomic E-state index is -3.32. The quantitative estimate of drug-likeness (QED) is 0.444. The highest BCUT2D eigenvalue weighted by Crippen LogP contribution is 2.31. The maximum Gasteiger partial charge on any atom is 0.260 e. The maximum atomic E-state index is 13.3. The lowest BCUT2D eigenvalue weighted by Gasteiger charge is -2.24. The van der Waals surface area contributed by atoms with Crippen LogP contribution in [0.5, 0.6) is 0 Å². The number of sulfone groups is 1. The first-order chi connectivity index (χ1) is 14.2. The molecule has 31 heavy (non-hydrogen) atoms. The number of aromatic nitrogens is 1. The van der Waals surface area contributed by atoms with Gasteiger partial charge < -0.3 is 4.90 Å². The van der Waals surface area contributed by atoms with E-state index < -0.39 is 9.84 Å². The molecule has 0 bridgehead atoms. The van der Waals surface area contributed by atoms with Crippen LogP contribution in [0.4, 0.5) is 5.13 Å². The fourth-order valence-corrected chi connectivity index (χ4v) is 4.93. The Morgan fingerprint density at radius 1 is 1.06 bits per heavy atom. The standard InChI is InChI=1S/C21H24ClN3O3S2.ClH/c1-4-24(5-2)12-13-25(20(26)15-6-8-16(22)9-7-15)21-23-18-11-10-17(30(3,27)28)14-19(18)29-21;/h6-11,14H,4-5,12-13H2,1-3H3;1H. The van der Waals surface area contributed by atoms with E-state index in [1.807, 2.05) is 0 Å². The maximum absolute atomic E-state index is 13.3. The number of hydrogen-bond acceptors (Lipinski definition) is 6. The van der Waals surface area contributed by atoms with Crippen molar-refractivity contribution in [2.45, 2.75) is 18.7 Å². The molecule has 0 radical (unpaired) electrons. The van der Waals surface area contributed by atoms with E-state index in [-0.39, 0.29) is 23.2 Å². The molecule has 1 amide bonds. The molecule has 0 aliphatic carbocycles. The smallest absolute Gasteiger partial charge is 0.260 e. The molecule has 0 saturated carbocycles. The normalized spacial score (nSPS) is 11.5. The first kappa shape index (κ1) is 25.5. The Bertz CT molecular complexity index is 1140. The fraction of sp³-hybridized carbons (Fsp3) is 0.333. The molecule has 0 aliphatic heterocycles. The Hall–Kier alpha value is -1.71. The summed E-state index contributed by atoms with van der Waals surface area (Å²) in [5.41, 5.74) is 1.19. The van der Waals surface area contributed by atoms with Crippen molar-refractivity contribution in [2.24, 2.45) is 0 Å². The molecule has 1 aromatic heterocycles. The summed E-state index contributed by atoms with van der Waals surface area (Å²) in [5.74, 6) is -0.166. The number of amides is 1. The second-order valence-corrected chi connectivity index (χ2v) is 10.3. The summed E-state index contributed by atoms with van der Waals surface area (Å²) in [5, 5.41) is 1.11. The van der Waals surface area contributed by atoms with Crippen LogP contribution in [0.15, 0.2) is 47.4 Å². The predicted molar refractivity (Wildman–Crippen MR) is 131 cm³/mol. The topological polar surface area (TPSA) is 70.6 Å². The number of hydrogen-bond donors (Lipinski definition) is 0. The lowest BCUT2D eigenvalue weighted by molar-refractivity contribution is 0.0984. The Labute approximate surface area is 198 Å². The van der Waals surface area contributed by atoms with Gasteiger partial charge in [-0.25, -0.2) is 13.4 Å². The monoisotopic (exact) mass is 501 g/mol. The summed E-state index contributed by atoms with van der Waals surface area (Å²) in [7, 11) is -3.32. The number of benzene rings is 2. The van der Waals surface area contributed by atoms with Gasteiger partial charge in [0.1, 0.15) is 0 Å². The van der Waals surface area contributed by atoms with E-state index in [0.29, 0.717) is 34.3 Å². The lowest BCUT2D eigenvalue weighted by atomic mass is 10.2. The van der Waals surface area contributed by atoms with Gasteiger partial charge in [-0.15, -0.1) is 12.4 Å². The number of halogens is 2. The highest BCUT2D eigenvalue weighted by Gasteiger charge is 2.22. The van der Waals surface area contributed by atoms with Crippen molar-refractivity contribution in [1.82, 2.24) is 9.88 Å². The van der Waals surface area contributed by atoms with Crippen LogP contribution in [0.3, 0.4) is 0 Å². The first-order valence-corrected chi connectivity index (χ1v) is 12.7. The molecule has 168 valence electrons. The molecular formula is C21H25Cl2N3O3S2. The zero-order valence-electron chi connectivity index (χ0n) is 17.5. The van der Waals surface area contributed by atoms with E-state index in [1.165, 1.54) is 17.6 Å². The first-order valence-electron chi connectivity index (χ1n) is 9.63. The SMILES string of the molecule is CCN(CC)CCN(C(=O)c1ccc(Cl)cc1)c1nc2ccc(S(C)(=O)=O)cc2s1.Cl. The Morgan fingerprint density at radius 2 is 1.71 bits per heavy atom. The molecular weight excluding hydrogens is 477 g/mol. The van der Waals surface area contributed by atoms with Gasteiger partial charge in [0.15, 0.2) is 15.0 Å². The summed E-state index contributed by atoms with van der Waals surface area (Å²) in [4.78, 5) is 22.0. The summed E-state index contributed by atoms with van der Waals surface area (Å²) >= 11 is 7.28. The van der Waals surface area contributed by atoms with Gasteiger partial charge in [0.25, 0.3) is 5.91 Å². The number of carbonyl (C=O) groups excluding carboxylic acids is 1. The van der Waals surface area contributed by atoms with Crippen LogP contribution in [-0.4, -0.2) is 56.6 Å². The van der Waals surface area contributed by atoms with Crippen LogP contribution in [0, 0.1) is 0 Å². The largest absolute Gasteiger partial charge is 0.302 e. The Kier molecular flexibility index (Phi) is 8.85. The molecule has 0 unspecified atom stereocenters. The highest BCUT2D eigenvalue weighted by atomic mass is 35.5. The summed E-state index contributed by atoms with van der Waals surface area (Å²) in [6.45, 7) is 7.12. The van der Waals surface area contributed by atoms with E-state index in [1.54, 1.807) is 47.4 Å². The number of thiazole rings is 1. The average Bonchev–Trinajstić information content (AvgIpc) is 3.13. The van der Waals surface area contributed by atoms with Crippen molar-refractivity contribution in [3.8, 4) is 0 Å². The number of rotatable bonds is 8. The van der Waals surface area contributed by atoms with E-state index in [4.69, 9.17) is 11.6 Å². The van der Waals surface area contributed by atoms with E-state index >= 15 is 0 Å². The van der Waals surface area contributed by atoms with Crippen LogP contribution in [0.1, 0.15) is 24.2 Å². The van der Waals surface area contributed by atoms with Gasteiger partial charge in [-0.05, 0) is 55.6 Å². The molecule has 2 aromatic carbocycles. The molecule has 0 N–H and O–H groups in total. The van der Waals surface area contributed by atoms with E-state index in [2.05, 4.69) is 23.7 Å². The Morgan fingerprint density at radius 3 is 2.29 bits per heavy atom. The molecule has 0 atom stereocenters. The zero-order valence-corrected chi connectivity index (χ0v) is 20.7. The van der Waals surface area contributed by atoms with Crippen molar-refractivity contribution >= 4 is 66.4 Å².